The second-order valence-electron chi connectivity index (χ2n) is 4.82. The average molecular weight is 297 g/mol. The number of rotatable bonds is 6. The molecule has 1 aromatic heterocycles. The van der Waals surface area contributed by atoms with Crippen LogP contribution in [0, 0.1) is 0 Å². The summed E-state index contributed by atoms with van der Waals surface area (Å²) < 4.78 is 0. The molecule has 1 fully saturated rings. The van der Waals surface area contributed by atoms with Crippen LogP contribution >= 0.6 is 11.3 Å². The summed E-state index contributed by atoms with van der Waals surface area (Å²) in [7, 11) is 0. The number of hydrogen-bond donors (Lipinski definition) is 1. The van der Waals surface area contributed by atoms with Crippen molar-refractivity contribution in [2.75, 3.05) is 24.5 Å². The number of nitrogens with zero attached hydrogens (tertiary/aromatic N) is 3. The van der Waals surface area contributed by atoms with Crippen molar-refractivity contribution in [1.29, 1.82) is 0 Å². The Labute approximate surface area is 122 Å². The number of aromatic nitrogens is 1. The third kappa shape index (κ3) is 3.27. The molecule has 0 aliphatic carbocycles. The van der Waals surface area contributed by atoms with E-state index in [9.17, 15) is 9.59 Å². The van der Waals surface area contributed by atoms with Crippen molar-refractivity contribution < 1.29 is 14.7 Å². The molecule has 1 aliphatic heterocycles. The summed E-state index contributed by atoms with van der Waals surface area (Å²) in [5.74, 6) is -1.06. The second kappa shape index (κ2) is 6.69. The topological polar surface area (TPSA) is 73.7 Å². The molecule has 1 unspecified atom stereocenters. The lowest BCUT2D eigenvalue weighted by Gasteiger charge is -2.29. The van der Waals surface area contributed by atoms with Crippen molar-refractivity contribution in [1.82, 2.24) is 9.88 Å². The van der Waals surface area contributed by atoms with Crippen LogP contribution in [0.2, 0.25) is 0 Å². The van der Waals surface area contributed by atoms with E-state index in [1.54, 1.807) is 6.20 Å². The molecule has 0 saturated carbocycles. The molecule has 6 nitrogen and oxygen atoms in total. The maximum Gasteiger partial charge on any atom is 0.323 e. The van der Waals surface area contributed by atoms with Crippen LogP contribution in [0.5, 0.6) is 0 Å². The predicted molar refractivity (Wildman–Crippen MR) is 77.0 cm³/mol. The smallest absolute Gasteiger partial charge is 0.323 e. The lowest BCUT2D eigenvalue weighted by Crippen LogP contribution is -2.47. The summed E-state index contributed by atoms with van der Waals surface area (Å²) in [4.78, 5) is 31.2. The van der Waals surface area contributed by atoms with E-state index < -0.39 is 5.97 Å². The zero-order chi connectivity index (χ0) is 14.5. The van der Waals surface area contributed by atoms with Gasteiger partial charge in [0.1, 0.15) is 12.6 Å². The van der Waals surface area contributed by atoms with Gasteiger partial charge in [0.15, 0.2) is 5.13 Å². The van der Waals surface area contributed by atoms with Gasteiger partial charge in [-0.2, -0.15) is 0 Å². The highest BCUT2D eigenvalue weighted by Gasteiger charge is 2.35. The van der Waals surface area contributed by atoms with Crippen molar-refractivity contribution in [3.8, 4) is 0 Å². The van der Waals surface area contributed by atoms with Gasteiger partial charge in [-0.1, -0.05) is 6.92 Å². The molecule has 1 saturated heterocycles. The first-order valence-electron chi connectivity index (χ1n) is 6.80. The Hall–Kier alpha value is -1.63. The highest BCUT2D eigenvalue weighted by molar-refractivity contribution is 7.13. The molecule has 0 aromatic carbocycles. The summed E-state index contributed by atoms with van der Waals surface area (Å²) in [6.07, 6.45) is 4.17. The van der Waals surface area contributed by atoms with Crippen LogP contribution in [0.15, 0.2) is 11.6 Å². The number of hydrogen-bond acceptors (Lipinski definition) is 5. The molecule has 7 heteroatoms. The zero-order valence-corrected chi connectivity index (χ0v) is 12.3. The summed E-state index contributed by atoms with van der Waals surface area (Å²) >= 11 is 1.51. The highest BCUT2D eigenvalue weighted by Crippen LogP contribution is 2.28. The third-order valence-electron chi connectivity index (χ3n) is 3.33. The van der Waals surface area contributed by atoms with Gasteiger partial charge in [-0.25, -0.2) is 4.98 Å². The van der Waals surface area contributed by atoms with Gasteiger partial charge in [0.2, 0.25) is 5.91 Å². The standard InChI is InChI=1S/C13H19N3O3S/c1-2-6-15(9-11(17)18)12(19)10-4-3-7-16(10)13-14-5-8-20-13/h5,8,10H,2-4,6-7,9H2,1H3,(H,17,18). The van der Waals surface area contributed by atoms with E-state index in [4.69, 9.17) is 5.11 Å². The van der Waals surface area contributed by atoms with Gasteiger partial charge in [-0.3, -0.25) is 9.59 Å². The minimum Gasteiger partial charge on any atom is -0.480 e. The Balaban J connectivity index is 2.11. The molecule has 1 N–H and O–H groups in total. The minimum absolute atomic E-state index is 0.0954. The first kappa shape index (κ1) is 14.8. The first-order valence-corrected chi connectivity index (χ1v) is 7.68. The van der Waals surface area contributed by atoms with Crippen molar-refractivity contribution >= 4 is 28.3 Å². The summed E-state index contributed by atoms with van der Waals surface area (Å²) in [6, 6.07) is -0.271. The second-order valence-corrected chi connectivity index (χ2v) is 5.69. The van der Waals surface area contributed by atoms with Crippen molar-refractivity contribution in [2.45, 2.75) is 32.2 Å². The number of carboxylic acid groups (broad SMARTS) is 1. The molecule has 1 aromatic rings. The lowest BCUT2D eigenvalue weighted by molar-refractivity contribution is -0.144. The normalized spacial score (nSPS) is 18.2. The summed E-state index contributed by atoms with van der Waals surface area (Å²) in [6.45, 7) is 2.99. The Kier molecular flexibility index (Phi) is 4.94. The maximum atomic E-state index is 12.6. The molecule has 0 spiro atoms. The number of carbonyl (C=O) groups is 2. The number of carboxylic acids is 1. The molecule has 0 radical (unpaired) electrons. The van der Waals surface area contributed by atoms with E-state index in [1.165, 1.54) is 16.2 Å². The average Bonchev–Trinajstić information content (AvgIpc) is 3.07. The fourth-order valence-corrected chi connectivity index (χ4v) is 3.24. The zero-order valence-electron chi connectivity index (χ0n) is 11.5. The number of anilines is 1. The van der Waals surface area contributed by atoms with E-state index in [-0.39, 0.29) is 18.5 Å². The Bertz CT molecular complexity index is 463. The molecule has 2 heterocycles. The number of amides is 1. The summed E-state index contributed by atoms with van der Waals surface area (Å²) in [5, 5.41) is 11.7. The van der Waals surface area contributed by atoms with Crippen LogP contribution in [0.4, 0.5) is 5.13 Å². The first-order chi connectivity index (χ1) is 9.63. The lowest BCUT2D eigenvalue weighted by atomic mass is 10.2. The molecule has 110 valence electrons. The van der Waals surface area contributed by atoms with Gasteiger partial charge in [0, 0.05) is 24.7 Å². The minimum atomic E-state index is -0.967. The number of carbonyl (C=O) groups excluding carboxylic acids is 1. The van der Waals surface area contributed by atoms with Crippen molar-refractivity contribution in [3.05, 3.63) is 11.6 Å². The van der Waals surface area contributed by atoms with Gasteiger partial charge in [0.25, 0.3) is 0 Å². The molecule has 1 amide bonds. The Morgan fingerprint density at radius 1 is 1.60 bits per heavy atom. The Morgan fingerprint density at radius 2 is 2.40 bits per heavy atom. The third-order valence-corrected chi connectivity index (χ3v) is 4.14. The van der Waals surface area contributed by atoms with E-state index in [0.717, 1.165) is 30.9 Å². The van der Waals surface area contributed by atoms with Gasteiger partial charge in [0.05, 0.1) is 0 Å². The summed E-state index contributed by atoms with van der Waals surface area (Å²) in [5.41, 5.74) is 0. The van der Waals surface area contributed by atoms with E-state index in [2.05, 4.69) is 4.98 Å². The predicted octanol–water partition coefficient (Wildman–Crippen LogP) is 1.44. The van der Waals surface area contributed by atoms with E-state index in [0.29, 0.717) is 6.54 Å². The highest BCUT2D eigenvalue weighted by atomic mass is 32.1. The molecule has 0 bridgehead atoms. The molecule has 1 atom stereocenters. The molecular formula is C13H19N3O3S. The quantitative estimate of drug-likeness (QED) is 0.860. The maximum absolute atomic E-state index is 12.6. The number of thiazole rings is 1. The fraction of sp³-hybridized carbons (Fsp3) is 0.615. The van der Waals surface area contributed by atoms with Crippen LogP contribution in [0.3, 0.4) is 0 Å². The molecular weight excluding hydrogens is 278 g/mol. The van der Waals surface area contributed by atoms with Crippen molar-refractivity contribution in [3.63, 3.8) is 0 Å². The van der Waals surface area contributed by atoms with Crippen LogP contribution in [-0.4, -0.2) is 52.5 Å². The molecule has 1 aliphatic rings. The number of aliphatic carboxylic acids is 1. The van der Waals surface area contributed by atoms with Crippen LogP contribution < -0.4 is 4.90 Å². The Morgan fingerprint density at radius 3 is 3.00 bits per heavy atom. The molecule has 2 rings (SSSR count). The van der Waals surface area contributed by atoms with Gasteiger partial charge < -0.3 is 14.9 Å². The largest absolute Gasteiger partial charge is 0.480 e. The molecule has 20 heavy (non-hydrogen) atoms. The van der Waals surface area contributed by atoms with E-state index >= 15 is 0 Å². The van der Waals surface area contributed by atoms with Gasteiger partial charge in [-0.05, 0) is 19.3 Å². The monoisotopic (exact) mass is 297 g/mol. The van der Waals surface area contributed by atoms with Gasteiger partial charge in [-0.15, -0.1) is 11.3 Å². The van der Waals surface area contributed by atoms with Crippen LogP contribution in [-0.2, 0) is 9.59 Å². The van der Waals surface area contributed by atoms with Gasteiger partial charge >= 0.3 is 5.97 Å². The fourth-order valence-electron chi connectivity index (χ4n) is 2.52. The SMILES string of the molecule is CCCN(CC(=O)O)C(=O)C1CCCN1c1nccs1. The van der Waals surface area contributed by atoms with Crippen LogP contribution in [0.25, 0.3) is 0 Å². The van der Waals surface area contributed by atoms with Crippen LogP contribution in [0.1, 0.15) is 26.2 Å². The van der Waals surface area contributed by atoms with E-state index in [1.807, 2.05) is 17.2 Å². The van der Waals surface area contributed by atoms with Crippen molar-refractivity contribution in [2.24, 2.45) is 0 Å².